The zero-order chi connectivity index (χ0) is 15.2. The van der Waals surface area contributed by atoms with Crippen molar-refractivity contribution in [2.45, 2.75) is 19.5 Å². The summed E-state index contributed by atoms with van der Waals surface area (Å²) in [4.78, 5) is 12.2. The number of ether oxygens (including phenoxy) is 1. The molecule has 0 radical (unpaired) electrons. The van der Waals surface area contributed by atoms with Crippen molar-refractivity contribution in [2.24, 2.45) is 5.73 Å². The van der Waals surface area contributed by atoms with E-state index in [-0.39, 0.29) is 11.9 Å². The Bertz CT molecular complexity index is 608. The third-order valence-electron chi connectivity index (χ3n) is 3.40. The number of hydrogen-bond acceptors (Lipinski definition) is 3. The van der Waals surface area contributed by atoms with Crippen LogP contribution in [0.5, 0.6) is 5.75 Å². The van der Waals surface area contributed by atoms with Gasteiger partial charge in [-0.2, -0.15) is 0 Å². The van der Waals surface area contributed by atoms with Crippen molar-refractivity contribution < 1.29 is 9.53 Å². The van der Waals surface area contributed by atoms with Gasteiger partial charge in [-0.1, -0.05) is 30.3 Å². The molecule has 0 heterocycles. The molecule has 0 saturated heterocycles. The standard InChI is InChI=1S/C17H20N2O2/c1-12(15-5-3-4-6-16(15)21-2)19-17(20)14-9-7-13(11-18)8-10-14/h3-10,12H,11,18H2,1-2H3,(H,19,20)/t12-/m1/s1. The largest absolute Gasteiger partial charge is 0.496 e. The first-order valence-electron chi connectivity index (χ1n) is 6.88. The fourth-order valence-electron chi connectivity index (χ4n) is 2.17. The van der Waals surface area contributed by atoms with Gasteiger partial charge in [0.2, 0.25) is 0 Å². The van der Waals surface area contributed by atoms with Crippen LogP contribution < -0.4 is 15.8 Å². The van der Waals surface area contributed by atoms with Gasteiger partial charge < -0.3 is 15.8 Å². The van der Waals surface area contributed by atoms with E-state index in [1.807, 2.05) is 43.3 Å². The summed E-state index contributed by atoms with van der Waals surface area (Å²) >= 11 is 0. The molecule has 0 aliphatic rings. The molecule has 0 saturated carbocycles. The van der Waals surface area contributed by atoms with Gasteiger partial charge >= 0.3 is 0 Å². The fraction of sp³-hybridized carbons (Fsp3) is 0.235. The second kappa shape index (κ2) is 6.90. The van der Waals surface area contributed by atoms with Gasteiger partial charge in [0.1, 0.15) is 5.75 Å². The average molecular weight is 284 g/mol. The average Bonchev–Trinajstić information content (AvgIpc) is 2.54. The number of hydrogen-bond donors (Lipinski definition) is 2. The van der Waals surface area contributed by atoms with E-state index in [9.17, 15) is 4.79 Å². The van der Waals surface area contributed by atoms with E-state index in [0.717, 1.165) is 16.9 Å². The van der Waals surface area contributed by atoms with E-state index in [0.29, 0.717) is 12.1 Å². The lowest BCUT2D eigenvalue weighted by atomic mass is 10.1. The highest BCUT2D eigenvalue weighted by Crippen LogP contribution is 2.24. The zero-order valence-corrected chi connectivity index (χ0v) is 12.3. The molecule has 2 rings (SSSR count). The number of nitrogens with one attached hydrogen (secondary N) is 1. The Balaban J connectivity index is 2.11. The van der Waals surface area contributed by atoms with E-state index in [4.69, 9.17) is 10.5 Å². The minimum absolute atomic E-state index is 0.114. The third kappa shape index (κ3) is 3.61. The van der Waals surface area contributed by atoms with Crippen LogP contribution in [0.3, 0.4) is 0 Å². The van der Waals surface area contributed by atoms with Crippen LogP contribution in [0.4, 0.5) is 0 Å². The van der Waals surface area contributed by atoms with Gasteiger partial charge in [-0.25, -0.2) is 0 Å². The number of amides is 1. The predicted molar refractivity (Wildman–Crippen MR) is 83.2 cm³/mol. The predicted octanol–water partition coefficient (Wildman–Crippen LogP) is 2.64. The molecular formula is C17H20N2O2. The zero-order valence-electron chi connectivity index (χ0n) is 12.3. The maximum absolute atomic E-state index is 12.2. The van der Waals surface area contributed by atoms with Gasteiger partial charge in [0, 0.05) is 17.7 Å². The monoisotopic (exact) mass is 284 g/mol. The highest BCUT2D eigenvalue weighted by atomic mass is 16.5. The molecule has 0 bridgehead atoms. The van der Waals surface area contributed by atoms with Crippen LogP contribution in [0, 0.1) is 0 Å². The molecule has 0 aromatic heterocycles. The summed E-state index contributed by atoms with van der Waals surface area (Å²) in [6.45, 7) is 2.41. The summed E-state index contributed by atoms with van der Waals surface area (Å²) in [5.74, 6) is 0.653. The van der Waals surface area contributed by atoms with Crippen LogP contribution in [0.2, 0.25) is 0 Å². The molecule has 4 heteroatoms. The van der Waals surface area contributed by atoms with E-state index in [1.54, 1.807) is 19.2 Å². The van der Waals surface area contributed by atoms with E-state index in [1.165, 1.54) is 0 Å². The van der Waals surface area contributed by atoms with E-state index < -0.39 is 0 Å². The van der Waals surface area contributed by atoms with Crippen molar-refractivity contribution in [3.63, 3.8) is 0 Å². The van der Waals surface area contributed by atoms with E-state index in [2.05, 4.69) is 5.32 Å². The van der Waals surface area contributed by atoms with Crippen LogP contribution in [0.25, 0.3) is 0 Å². The Kier molecular flexibility index (Phi) is 4.95. The first-order valence-corrected chi connectivity index (χ1v) is 6.88. The molecule has 1 amide bonds. The van der Waals surface area contributed by atoms with Gasteiger partial charge in [-0.3, -0.25) is 4.79 Å². The summed E-state index contributed by atoms with van der Waals surface area (Å²) in [6.07, 6.45) is 0. The lowest BCUT2D eigenvalue weighted by Gasteiger charge is -2.17. The minimum atomic E-state index is -0.136. The molecule has 110 valence electrons. The third-order valence-corrected chi connectivity index (χ3v) is 3.40. The second-order valence-electron chi connectivity index (χ2n) is 4.84. The van der Waals surface area contributed by atoms with Crippen molar-refractivity contribution >= 4 is 5.91 Å². The van der Waals surface area contributed by atoms with Gasteiger partial charge in [-0.05, 0) is 30.7 Å². The molecule has 1 atom stereocenters. The number of methoxy groups -OCH3 is 1. The Labute approximate surface area is 124 Å². The number of carbonyl (C=O) groups excluding carboxylic acids is 1. The van der Waals surface area contributed by atoms with Gasteiger partial charge in [-0.15, -0.1) is 0 Å². The Morgan fingerprint density at radius 1 is 1.19 bits per heavy atom. The highest BCUT2D eigenvalue weighted by molar-refractivity contribution is 5.94. The molecule has 3 N–H and O–H groups in total. The lowest BCUT2D eigenvalue weighted by molar-refractivity contribution is 0.0939. The molecule has 21 heavy (non-hydrogen) atoms. The van der Waals surface area contributed by atoms with Crippen molar-refractivity contribution in [3.05, 3.63) is 65.2 Å². The highest BCUT2D eigenvalue weighted by Gasteiger charge is 2.14. The van der Waals surface area contributed by atoms with Crippen LogP contribution in [0.15, 0.2) is 48.5 Å². The van der Waals surface area contributed by atoms with Crippen molar-refractivity contribution in [1.82, 2.24) is 5.32 Å². The maximum atomic E-state index is 12.2. The molecule has 0 aliphatic heterocycles. The van der Waals surface area contributed by atoms with Crippen molar-refractivity contribution in [2.75, 3.05) is 7.11 Å². The lowest BCUT2D eigenvalue weighted by Crippen LogP contribution is -2.26. The molecule has 0 fully saturated rings. The number of para-hydroxylation sites is 1. The maximum Gasteiger partial charge on any atom is 0.251 e. The molecule has 4 nitrogen and oxygen atoms in total. The topological polar surface area (TPSA) is 64.3 Å². The normalized spacial score (nSPS) is 11.8. The Morgan fingerprint density at radius 2 is 1.86 bits per heavy atom. The van der Waals surface area contributed by atoms with Gasteiger partial charge in [0.25, 0.3) is 5.91 Å². The minimum Gasteiger partial charge on any atom is -0.496 e. The number of benzene rings is 2. The van der Waals surface area contributed by atoms with Crippen LogP contribution in [0.1, 0.15) is 34.5 Å². The smallest absolute Gasteiger partial charge is 0.251 e. The molecule has 0 aliphatic carbocycles. The molecule has 2 aromatic rings. The van der Waals surface area contributed by atoms with Crippen LogP contribution in [-0.2, 0) is 6.54 Å². The van der Waals surface area contributed by atoms with Crippen LogP contribution >= 0.6 is 0 Å². The summed E-state index contributed by atoms with van der Waals surface area (Å²) in [7, 11) is 1.62. The molecule has 2 aromatic carbocycles. The summed E-state index contributed by atoms with van der Waals surface area (Å²) in [6, 6.07) is 14.8. The molecular weight excluding hydrogens is 264 g/mol. The number of nitrogens with two attached hydrogens (primary N) is 1. The fourth-order valence-corrected chi connectivity index (χ4v) is 2.17. The first kappa shape index (κ1) is 15.1. The molecule has 0 spiro atoms. The van der Waals surface area contributed by atoms with Crippen molar-refractivity contribution in [1.29, 1.82) is 0 Å². The van der Waals surface area contributed by atoms with Gasteiger partial charge in [0.05, 0.1) is 13.2 Å². The van der Waals surface area contributed by atoms with Crippen molar-refractivity contribution in [3.8, 4) is 5.75 Å². The summed E-state index contributed by atoms with van der Waals surface area (Å²) in [5, 5.41) is 2.97. The van der Waals surface area contributed by atoms with Gasteiger partial charge in [0.15, 0.2) is 0 Å². The first-order chi connectivity index (χ1) is 10.2. The Morgan fingerprint density at radius 3 is 2.48 bits per heavy atom. The van der Waals surface area contributed by atoms with E-state index >= 15 is 0 Å². The number of rotatable bonds is 5. The molecule has 0 unspecified atom stereocenters. The van der Waals surface area contributed by atoms with Crippen LogP contribution in [-0.4, -0.2) is 13.0 Å². The SMILES string of the molecule is COc1ccccc1[C@@H](C)NC(=O)c1ccc(CN)cc1. The Hall–Kier alpha value is -2.33. The summed E-state index contributed by atoms with van der Waals surface area (Å²) < 4.78 is 5.32. The second-order valence-corrected chi connectivity index (χ2v) is 4.84. The number of carbonyl (C=O) groups is 1. The quantitative estimate of drug-likeness (QED) is 0.887. The summed E-state index contributed by atoms with van der Waals surface area (Å²) in [5.41, 5.74) is 8.12.